The standard InChI is InChI=1S/C21H25.C10H15.C7H6.2ClH.Zr/c1-20(2,3)16-9-7-14-11-15-8-10-17(21(4,5)6)13-19(15)18(14)12-16;1-7(2)10-6-8(3)5-9(10)4;1-7-5-3-2-4-6-7;;;/h7-13H,1-6H3;6-8H,1-4H3;1-6H;2*1H;/q;;;;;+2/p-2. The molecule has 0 N–H and O–H groups in total. The summed E-state index contributed by atoms with van der Waals surface area (Å²) in [5, 5.41) is 0. The Kier molecular flexibility index (Phi) is 10.4. The third kappa shape index (κ3) is 6.54. The smallest absolute Gasteiger partial charge is 1.00 e. The fourth-order valence-electron chi connectivity index (χ4n) is 6.64. The van der Waals surface area contributed by atoms with Gasteiger partial charge in [-0.1, -0.05) is 0 Å². The van der Waals surface area contributed by atoms with Crippen molar-refractivity contribution in [2.24, 2.45) is 11.8 Å². The zero-order valence-electron chi connectivity index (χ0n) is 26.5. The van der Waals surface area contributed by atoms with E-state index < -0.39 is 21.3 Å². The van der Waals surface area contributed by atoms with E-state index in [4.69, 9.17) is 0 Å². The minimum atomic E-state index is -2.45. The van der Waals surface area contributed by atoms with Crippen LogP contribution in [0.4, 0.5) is 0 Å². The zero-order valence-corrected chi connectivity index (χ0v) is 30.5. The van der Waals surface area contributed by atoms with Gasteiger partial charge in [0.1, 0.15) is 0 Å². The predicted molar refractivity (Wildman–Crippen MR) is 168 cm³/mol. The maximum atomic E-state index is 2.76. The summed E-state index contributed by atoms with van der Waals surface area (Å²) >= 11 is -2.45. The molecule has 1 unspecified atom stereocenters. The minimum absolute atomic E-state index is 0. The van der Waals surface area contributed by atoms with Gasteiger partial charge in [0.2, 0.25) is 0 Å². The number of halogens is 2. The molecule has 3 heteroatoms. The first-order chi connectivity index (χ1) is 18.3. The summed E-state index contributed by atoms with van der Waals surface area (Å²) in [5.74, 6) is 1.09. The summed E-state index contributed by atoms with van der Waals surface area (Å²) in [7, 11) is 0. The number of allylic oxidation sites excluding steroid dienone is 4. The van der Waals surface area contributed by atoms with Crippen LogP contribution in [0.5, 0.6) is 0 Å². The molecule has 0 fully saturated rings. The van der Waals surface area contributed by atoms with Gasteiger partial charge in [-0.25, -0.2) is 0 Å². The number of benzene rings is 3. The van der Waals surface area contributed by atoms with Crippen LogP contribution in [0.15, 0.2) is 87.2 Å². The van der Waals surface area contributed by atoms with E-state index >= 15 is 0 Å². The van der Waals surface area contributed by atoms with Gasteiger partial charge in [-0.2, -0.15) is 0 Å². The molecule has 2 aliphatic rings. The zero-order chi connectivity index (χ0) is 28.3. The average Bonchev–Trinajstić information content (AvgIpc) is 3.35. The van der Waals surface area contributed by atoms with Gasteiger partial charge in [0.05, 0.1) is 0 Å². The molecule has 0 nitrogen and oxygen atoms in total. The van der Waals surface area contributed by atoms with Gasteiger partial charge in [-0.05, 0) is 0 Å². The van der Waals surface area contributed by atoms with E-state index in [-0.39, 0.29) is 35.6 Å². The Balaban J connectivity index is 0.00000231. The molecule has 216 valence electrons. The topological polar surface area (TPSA) is 0 Å². The van der Waals surface area contributed by atoms with E-state index in [0.29, 0.717) is 15.5 Å². The van der Waals surface area contributed by atoms with Crippen LogP contribution in [-0.2, 0) is 32.1 Å². The van der Waals surface area contributed by atoms with E-state index in [9.17, 15) is 0 Å². The first-order valence-electron chi connectivity index (χ1n) is 14.8. The third-order valence-corrected chi connectivity index (χ3v) is 17.1. The van der Waals surface area contributed by atoms with Crippen molar-refractivity contribution in [3.8, 4) is 11.1 Å². The average molecular weight is 665 g/mol. The Labute approximate surface area is 269 Å². The summed E-state index contributed by atoms with van der Waals surface area (Å²) in [6.07, 6.45) is 2.58. The Morgan fingerprint density at radius 2 is 1.22 bits per heavy atom. The maximum Gasteiger partial charge on any atom is -1.00 e. The van der Waals surface area contributed by atoms with Crippen LogP contribution < -0.4 is 24.8 Å². The molecule has 5 rings (SSSR count). The fourth-order valence-corrected chi connectivity index (χ4v) is 15.4. The van der Waals surface area contributed by atoms with Gasteiger partial charge >= 0.3 is 247 Å². The quantitative estimate of drug-likeness (QED) is 0.390. The van der Waals surface area contributed by atoms with Gasteiger partial charge in [-0.3, -0.25) is 0 Å². The van der Waals surface area contributed by atoms with Gasteiger partial charge in [0, 0.05) is 0 Å². The molecule has 0 saturated heterocycles. The van der Waals surface area contributed by atoms with Crippen LogP contribution in [0.2, 0.25) is 0 Å². The molecule has 3 aromatic rings. The van der Waals surface area contributed by atoms with Crippen LogP contribution in [0.25, 0.3) is 11.1 Å². The fraction of sp³-hybridized carbons (Fsp3) is 0.395. The molecule has 0 heterocycles. The van der Waals surface area contributed by atoms with E-state index in [2.05, 4.69) is 146 Å². The van der Waals surface area contributed by atoms with Crippen LogP contribution in [0, 0.1) is 11.8 Å². The minimum Gasteiger partial charge on any atom is -1.00 e. The second kappa shape index (κ2) is 12.6. The third-order valence-electron chi connectivity index (χ3n) is 8.84. The molecular weight excluding hydrogens is 619 g/mol. The molecule has 1 atom stereocenters. The normalized spacial score (nSPS) is 16.8. The number of hydrogen-bond acceptors (Lipinski definition) is 0. The van der Waals surface area contributed by atoms with E-state index in [0.717, 1.165) is 0 Å². The Morgan fingerprint density at radius 3 is 1.63 bits per heavy atom. The maximum absolute atomic E-state index is 2.76. The summed E-state index contributed by atoms with van der Waals surface area (Å²) in [4.78, 5) is 0. The second-order valence-electron chi connectivity index (χ2n) is 14.2. The summed E-state index contributed by atoms with van der Waals surface area (Å²) < 4.78 is 5.04. The van der Waals surface area contributed by atoms with Crippen LogP contribution in [-0.4, -0.2) is 3.71 Å². The van der Waals surface area contributed by atoms with Crippen molar-refractivity contribution >= 4 is 3.71 Å². The molecule has 0 radical (unpaired) electrons. The van der Waals surface area contributed by atoms with Crippen molar-refractivity contribution in [3.63, 3.8) is 0 Å². The van der Waals surface area contributed by atoms with Crippen molar-refractivity contribution in [3.05, 3.63) is 115 Å². The molecular formula is C38H46Cl2Zr. The van der Waals surface area contributed by atoms with Gasteiger partial charge < -0.3 is 24.8 Å². The molecule has 0 bridgehead atoms. The summed E-state index contributed by atoms with van der Waals surface area (Å²) in [5.41, 5.74) is 13.8. The Bertz CT molecular complexity index is 1440. The molecule has 0 amide bonds. The number of hydrogen-bond donors (Lipinski definition) is 0. The molecule has 0 spiro atoms. The van der Waals surface area contributed by atoms with Crippen LogP contribution in [0.3, 0.4) is 0 Å². The van der Waals surface area contributed by atoms with E-state index in [1.54, 1.807) is 25.6 Å². The number of fused-ring (bicyclic) bond motifs is 3. The van der Waals surface area contributed by atoms with Crippen molar-refractivity contribution < 1.29 is 46.1 Å². The first kappa shape index (κ1) is 34.0. The summed E-state index contributed by atoms with van der Waals surface area (Å²) in [6, 6.07) is 26.1. The van der Waals surface area contributed by atoms with Crippen molar-refractivity contribution in [2.75, 3.05) is 0 Å². The van der Waals surface area contributed by atoms with Gasteiger partial charge in [-0.15, -0.1) is 0 Å². The summed E-state index contributed by atoms with van der Waals surface area (Å²) in [6.45, 7) is 23.6. The predicted octanol–water partition coefficient (Wildman–Crippen LogP) is 4.33. The second-order valence-corrected chi connectivity index (χ2v) is 19.8. The largest absolute Gasteiger partial charge is 1.00 e. The van der Waals surface area contributed by atoms with E-state index in [1.807, 2.05) is 0 Å². The number of rotatable bonds is 4. The molecule has 2 aliphatic carbocycles. The van der Waals surface area contributed by atoms with Crippen LogP contribution in [0.1, 0.15) is 101 Å². The molecule has 0 saturated carbocycles. The van der Waals surface area contributed by atoms with Gasteiger partial charge in [0.25, 0.3) is 0 Å². The molecule has 3 aromatic carbocycles. The Morgan fingerprint density at radius 1 is 0.732 bits per heavy atom. The van der Waals surface area contributed by atoms with Crippen LogP contribution >= 0.6 is 0 Å². The SMILES string of the molecule is CC1=[C](/[Zr+2](=[CH]/c2ccccc2)[CH]2c3ccc(C(C)(C)C)cc3-c3cc(C(C)(C)C)ccc32)C(C)C=C1C(C)C.[Cl-].[Cl-]. The first-order valence-corrected chi connectivity index (χ1v) is 18.8. The Hall–Kier alpha value is -1.53. The molecule has 0 aromatic heterocycles. The van der Waals surface area contributed by atoms with Crippen molar-refractivity contribution in [1.82, 2.24) is 0 Å². The van der Waals surface area contributed by atoms with Gasteiger partial charge in [0.15, 0.2) is 0 Å². The van der Waals surface area contributed by atoms with Crippen molar-refractivity contribution in [2.45, 2.75) is 83.7 Å². The molecule has 0 aliphatic heterocycles. The van der Waals surface area contributed by atoms with Crippen molar-refractivity contribution in [1.29, 1.82) is 0 Å². The monoisotopic (exact) mass is 662 g/mol. The van der Waals surface area contributed by atoms with E-state index in [1.165, 1.54) is 27.8 Å². The molecule has 41 heavy (non-hydrogen) atoms.